The lowest BCUT2D eigenvalue weighted by atomic mass is 9.91. The van der Waals surface area contributed by atoms with Gasteiger partial charge in [-0.05, 0) is 38.1 Å². The molecule has 82 valence electrons. The Morgan fingerprint density at radius 1 is 1.43 bits per heavy atom. The van der Waals surface area contributed by atoms with Gasteiger partial charge in [0, 0.05) is 18.6 Å². The largest absolute Gasteiger partial charge is 0.390 e. The molecular weight excluding hydrogens is 176 g/mol. The summed E-state index contributed by atoms with van der Waals surface area (Å²) < 4.78 is 0. The van der Waals surface area contributed by atoms with Crippen LogP contribution in [0.15, 0.2) is 0 Å². The highest BCUT2D eigenvalue weighted by atomic mass is 16.3. The van der Waals surface area contributed by atoms with Gasteiger partial charge in [0.25, 0.3) is 0 Å². The molecule has 2 rings (SSSR count). The van der Waals surface area contributed by atoms with Crippen LogP contribution in [0.5, 0.6) is 0 Å². The van der Waals surface area contributed by atoms with E-state index in [4.69, 9.17) is 0 Å². The van der Waals surface area contributed by atoms with Crippen LogP contribution in [0.4, 0.5) is 0 Å². The Labute approximate surface area is 86.3 Å². The third-order valence-corrected chi connectivity index (χ3v) is 3.36. The van der Waals surface area contributed by atoms with Crippen molar-refractivity contribution in [3.8, 4) is 0 Å². The first-order valence-electron chi connectivity index (χ1n) is 5.90. The van der Waals surface area contributed by atoms with Gasteiger partial charge < -0.3 is 15.7 Å². The molecule has 3 heteroatoms. The standard InChI is InChI=1S/C11H22N2O/c1-8-4-5-12-10(6-8)11(14)7-13-9-2-3-9/h8-14H,2-7H2,1H3. The van der Waals surface area contributed by atoms with Crippen LogP contribution >= 0.6 is 0 Å². The summed E-state index contributed by atoms with van der Waals surface area (Å²) in [6.07, 6.45) is 4.74. The van der Waals surface area contributed by atoms with E-state index in [0.717, 1.165) is 25.4 Å². The summed E-state index contributed by atoms with van der Waals surface area (Å²) >= 11 is 0. The quantitative estimate of drug-likeness (QED) is 0.616. The van der Waals surface area contributed by atoms with Crippen LogP contribution in [0.25, 0.3) is 0 Å². The van der Waals surface area contributed by atoms with E-state index in [1.807, 2.05) is 0 Å². The number of hydrogen-bond donors (Lipinski definition) is 3. The molecule has 0 amide bonds. The Morgan fingerprint density at radius 2 is 2.21 bits per heavy atom. The van der Waals surface area contributed by atoms with Gasteiger partial charge in [0.15, 0.2) is 0 Å². The van der Waals surface area contributed by atoms with Gasteiger partial charge in [-0.2, -0.15) is 0 Å². The molecule has 2 aliphatic rings. The van der Waals surface area contributed by atoms with Crippen molar-refractivity contribution >= 4 is 0 Å². The first-order valence-corrected chi connectivity index (χ1v) is 5.90. The SMILES string of the molecule is CC1CCNC(C(O)CNC2CC2)C1. The number of aliphatic hydroxyl groups excluding tert-OH is 1. The van der Waals surface area contributed by atoms with E-state index >= 15 is 0 Å². The van der Waals surface area contributed by atoms with Crippen molar-refractivity contribution in [3.05, 3.63) is 0 Å². The second-order valence-electron chi connectivity index (χ2n) is 4.94. The Hall–Kier alpha value is -0.120. The highest BCUT2D eigenvalue weighted by Crippen LogP contribution is 2.20. The van der Waals surface area contributed by atoms with Crippen molar-refractivity contribution in [2.75, 3.05) is 13.1 Å². The van der Waals surface area contributed by atoms with Crippen LogP contribution in [-0.2, 0) is 0 Å². The fraction of sp³-hybridized carbons (Fsp3) is 1.00. The summed E-state index contributed by atoms with van der Waals surface area (Å²) in [4.78, 5) is 0. The van der Waals surface area contributed by atoms with Gasteiger partial charge in [0.2, 0.25) is 0 Å². The summed E-state index contributed by atoms with van der Waals surface area (Å²) in [5.41, 5.74) is 0. The minimum atomic E-state index is -0.210. The Bertz CT molecular complexity index is 182. The van der Waals surface area contributed by atoms with Gasteiger partial charge >= 0.3 is 0 Å². The van der Waals surface area contributed by atoms with Crippen molar-refractivity contribution in [3.63, 3.8) is 0 Å². The summed E-state index contributed by atoms with van der Waals surface area (Å²) in [5, 5.41) is 16.7. The van der Waals surface area contributed by atoms with Crippen LogP contribution in [0.2, 0.25) is 0 Å². The lowest BCUT2D eigenvalue weighted by molar-refractivity contribution is 0.0996. The fourth-order valence-electron chi connectivity index (χ4n) is 2.16. The smallest absolute Gasteiger partial charge is 0.0817 e. The van der Waals surface area contributed by atoms with Crippen LogP contribution < -0.4 is 10.6 Å². The number of piperidine rings is 1. The molecule has 0 aromatic carbocycles. The third-order valence-electron chi connectivity index (χ3n) is 3.36. The monoisotopic (exact) mass is 198 g/mol. The predicted molar refractivity (Wildman–Crippen MR) is 57.2 cm³/mol. The van der Waals surface area contributed by atoms with E-state index in [1.54, 1.807) is 0 Å². The molecule has 1 saturated carbocycles. The molecule has 0 aromatic rings. The average Bonchev–Trinajstić information content (AvgIpc) is 2.97. The molecule has 1 aliphatic heterocycles. The number of nitrogens with one attached hydrogen (secondary N) is 2. The van der Waals surface area contributed by atoms with Gasteiger partial charge in [0.1, 0.15) is 0 Å². The molecule has 2 fully saturated rings. The second kappa shape index (κ2) is 4.60. The molecule has 1 heterocycles. The third kappa shape index (κ3) is 2.94. The molecule has 0 radical (unpaired) electrons. The maximum absolute atomic E-state index is 9.94. The average molecular weight is 198 g/mol. The topological polar surface area (TPSA) is 44.3 Å². The summed E-state index contributed by atoms with van der Waals surface area (Å²) in [7, 11) is 0. The van der Waals surface area contributed by atoms with E-state index < -0.39 is 0 Å². The van der Waals surface area contributed by atoms with Crippen molar-refractivity contribution in [2.24, 2.45) is 5.92 Å². The van der Waals surface area contributed by atoms with E-state index in [1.165, 1.54) is 19.3 Å². The highest BCUT2D eigenvalue weighted by molar-refractivity contribution is 4.87. The molecule has 3 N–H and O–H groups in total. The van der Waals surface area contributed by atoms with Crippen LogP contribution in [0, 0.1) is 5.92 Å². The number of aliphatic hydroxyl groups is 1. The highest BCUT2D eigenvalue weighted by Gasteiger charge is 2.27. The molecule has 3 atom stereocenters. The molecular formula is C11H22N2O. The maximum atomic E-state index is 9.94. The van der Waals surface area contributed by atoms with E-state index in [0.29, 0.717) is 12.1 Å². The summed E-state index contributed by atoms with van der Waals surface area (Å²) in [6, 6.07) is 1.01. The lowest BCUT2D eigenvalue weighted by Gasteiger charge is -2.31. The molecule has 14 heavy (non-hydrogen) atoms. The minimum absolute atomic E-state index is 0.210. The van der Waals surface area contributed by atoms with Crippen molar-refractivity contribution in [2.45, 2.75) is 50.8 Å². The van der Waals surface area contributed by atoms with Gasteiger partial charge in [-0.1, -0.05) is 6.92 Å². The van der Waals surface area contributed by atoms with E-state index in [2.05, 4.69) is 17.6 Å². The van der Waals surface area contributed by atoms with Crippen molar-refractivity contribution < 1.29 is 5.11 Å². The molecule has 1 aliphatic carbocycles. The molecule has 3 unspecified atom stereocenters. The predicted octanol–water partition coefficient (Wildman–Crippen LogP) is 0.487. The molecule has 1 saturated heterocycles. The fourth-order valence-corrected chi connectivity index (χ4v) is 2.16. The van der Waals surface area contributed by atoms with Crippen LogP contribution in [0.3, 0.4) is 0 Å². The van der Waals surface area contributed by atoms with E-state index in [9.17, 15) is 5.11 Å². The van der Waals surface area contributed by atoms with Gasteiger partial charge in [-0.3, -0.25) is 0 Å². The number of rotatable bonds is 4. The van der Waals surface area contributed by atoms with Gasteiger partial charge in [-0.15, -0.1) is 0 Å². The minimum Gasteiger partial charge on any atom is -0.390 e. The molecule has 0 spiro atoms. The number of hydrogen-bond acceptors (Lipinski definition) is 3. The normalized spacial score (nSPS) is 35.6. The zero-order valence-corrected chi connectivity index (χ0v) is 9.00. The first-order chi connectivity index (χ1) is 6.75. The van der Waals surface area contributed by atoms with Gasteiger partial charge in [0.05, 0.1) is 6.10 Å². The van der Waals surface area contributed by atoms with E-state index in [-0.39, 0.29) is 6.10 Å². The molecule has 0 aromatic heterocycles. The van der Waals surface area contributed by atoms with Crippen LogP contribution in [0.1, 0.15) is 32.6 Å². The zero-order valence-electron chi connectivity index (χ0n) is 9.00. The first kappa shape index (κ1) is 10.4. The Morgan fingerprint density at radius 3 is 2.86 bits per heavy atom. The molecule has 3 nitrogen and oxygen atoms in total. The Kier molecular flexibility index (Phi) is 3.42. The summed E-state index contributed by atoms with van der Waals surface area (Å²) in [6.45, 7) is 4.09. The zero-order chi connectivity index (χ0) is 9.97. The lowest BCUT2D eigenvalue weighted by Crippen LogP contribution is -2.49. The van der Waals surface area contributed by atoms with Gasteiger partial charge in [-0.25, -0.2) is 0 Å². The maximum Gasteiger partial charge on any atom is 0.0817 e. The van der Waals surface area contributed by atoms with Crippen molar-refractivity contribution in [1.29, 1.82) is 0 Å². The summed E-state index contributed by atoms with van der Waals surface area (Å²) in [5.74, 6) is 0.761. The van der Waals surface area contributed by atoms with Crippen LogP contribution in [-0.4, -0.2) is 36.4 Å². The molecule has 0 bridgehead atoms. The van der Waals surface area contributed by atoms with Crippen molar-refractivity contribution in [1.82, 2.24) is 10.6 Å². The Balaban J connectivity index is 1.68. The second-order valence-corrected chi connectivity index (χ2v) is 4.94.